The van der Waals surface area contributed by atoms with Crippen LogP contribution in [0.1, 0.15) is 87.5 Å². The SMILES string of the molecule is CCCCCCc1cc(-c2cc(C)c(-c3cc(CCCCCC)c(Br)s3)cc2C)sc1Br. The fourth-order valence-corrected chi connectivity index (χ4v) is 7.96. The van der Waals surface area contributed by atoms with E-state index in [4.69, 9.17) is 0 Å². The molecule has 0 N–H and O–H groups in total. The number of rotatable bonds is 12. The standard InChI is InChI=1S/C28H36Br2S2/c1-5-7-9-11-13-21-17-25(31-27(21)29)23-15-20(4)24(16-19(23)3)26-18-22(28(30)32-26)14-12-10-8-6-2/h15-18H,5-14H2,1-4H3. The van der Waals surface area contributed by atoms with Gasteiger partial charge in [0.05, 0.1) is 7.57 Å². The topological polar surface area (TPSA) is 0 Å². The molecule has 174 valence electrons. The zero-order valence-electron chi connectivity index (χ0n) is 20.0. The minimum Gasteiger partial charge on any atom is -0.128 e. The molecule has 2 aromatic heterocycles. The minimum absolute atomic E-state index is 1.18. The van der Waals surface area contributed by atoms with Crippen molar-refractivity contribution in [2.45, 2.75) is 91.9 Å². The summed E-state index contributed by atoms with van der Waals surface area (Å²) in [6.07, 6.45) is 12.9. The molecule has 0 spiro atoms. The first-order valence-electron chi connectivity index (χ1n) is 12.1. The molecule has 0 bridgehead atoms. The smallest absolute Gasteiger partial charge is 0.0737 e. The lowest BCUT2D eigenvalue weighted by Crippen LogP contribution is -1.88. The van der Waals surface area contributed by atoms with Crippen LogP contribution in [-0.2, 0) is 12.8 Å². The van der Waals surface area contributed by atoms with Crippen LogP contribution in [0.4, 0.5) is 0 Å². The van der Waals surface area contributed by atoms with E-state index in [0.29, 0.717) is 0 Å². The first-order chi connectivity index (χ1) is 15.4. The van der Waals surface area contributed by atoms with Crippen molar-refractivity contribution in [3.63, 3.8) is 0 Å². The second-order valence-corrected chi connectivity index (χ2v) is 13.7. The van der Waals surface area contributed by atoms with Gasteiger partial charge in [-0.3, -0.25) is 0 Å². The molecule has 32 heavy (non-hydrogen) atoms. The van der Waals surface area contributed by atoms with Crippen LogP contribution in [0.3, 0.4) is 0 Å². The maximum absolute atomic E-state index is 3.83. The van der Waals surface area contributed by atoms with Crippen LogP contribution >= 0.6 is 54.5 Å². The normalized spacial score (nSPS) is 11.4. The average molecular weight is 597 g/mol. The Bertz CT molecular complexity index is 931. The van der Waals surface area contributed by atoms with E-state index in [1.807, 2.05) is 22.7 Å². The molecule has 0 aliphatic carbocycles. The molecule has 0 aliphatic heterocycles. The number of thiophene rings is 2. The van der Waals surface area contributed by atoms with Crippen LogP contribution in [0.5, 0.6) is 0 Å². The highest BCUT2D eigenvalue weighted by Crippen LogP contribution is 2.42. The molecule has 0 amide bonds. The summed E-state index contributed by atoms with van der Waals surface area (Å²) in [5.41, 5.74) is 8.44. The summed E-state index contributed by atoms with van der Waals surface area (Å²) in [6.45, 7) is 9.08. The molecule has 0 saturated heterocycles. The lowest BCUT2D eigenvalue weighted by Gasteiger charge is -2.10. The lowest BCUT2D eigenvalue weighted by atomic mass is 9.97. The highest BCUT2D eigenvalue weighted by atomic mass is 79.9. The van der Waals surface area contributed by atoms with Crippen molar-refractivity contribution in [1.29, 1.82) is 0 Å². The fraction of sp³-hybridized carbons (Fsp3) is 0.500. The number of hydrogen-bond donors (Lipinski definition) is 0. The average Bonchev–Trinajstić information content (AvgIpc) is 3.32. The summed E-state index contributed by atoms with van der Waals surface area (Å²) in [4.78, 5) is 2.77. The molecule has 3 aromatic rings. The molecule has 0 nitrogen and oxygen atoms in total. The second kappa shape index (κ2) is 12.9. The Morgan fingerprint density at radius 2 is 1.00 bits per heavy atom. The predicted molar refractivity (Wildman–Crippen MR) is 154 cm³/mol. The molecule has 1 aromatic carbocycles. The summed E-state index contributed by atoms with van der Waals surface area (Å²) in [5.74, 6) is 0. The van der Waals surface area contributed by atoms with Gasteiger partial charge in [0, 0.05) is 9.75 Å². The number of hydrogen-bond acceptors (Lipinski definition) is 2. The number of benzene rings is 1. The number of halogens is 2. The van der Waals surface area contributed by atoms with Crippen molar-refractivity contribution >= 4 is 54.5 Å². The van der Waals surface area contributed by atoms with Gasteiger partial charge in [0.25, 0.3) is 0 Å². The van der Waals surface area contributed by atoms with Gasteiger partial charge in [-0.25, -0.2) is 0 Å². The molecule has 2 heterocycles. The van der Waals surface area contributed by atoms with Crippen molar-refractivity contribution in [2.24, 2.45) is 0 Å². The van der Waals surface area contributed by atoms with E-state index >= 15 is 0 Å². The third-order valence-corrected chi connectivity index (χ3v) is 10.2. The molecule has 0 fully saturated rings. The van der Waals surface area contributed by atoms with Gasteiger partial charge in [0.1, 0.15) is 0 Å². The Hall–Kier alpha value is -0.420. The number of unbranched alkanes of at least 4 members (excludes halogenated alkanes) is 6. The monoisotopic (exact) mass is 594 g/mol. The van der Waals surface area contributed by atoms with Gasteiger partial charge in [0.15, 0.2) is 0 Å². The Kier molecular flexibility index (Phi) is 10.5. The van der Waals surface area contributed by atoms with Gasteiger partial charge in [-0.05, 0) is 129 Å². The summed E-state index contributed by atoms with van der Waals surface area (Å²) in [7, 11) is 0. The molecular formula is C28H36Br2S2. The first-order valence-corrected chi connectivity index (χ1v) is 15.3. The van der Waals surface area contributed by atoms with Crippen LogP contribution < -0.4 is 0 Å². The van der Waals surface area contributed by atoms with E-state index in [0.717, 1.165) is 0 Å². The van der Waals surface area contributed by atoms with Crippen molar-refractivity contribution in [3.8, 4) is 20.9 Å². The zero-order valence-corrected chi connectivity index (χ0v) is 24.8. The predicted octanol–water partition coefficient (Wildman–Crippen LogP) is 11.5. The molecular weight excluding hydrogens is 560 g/mol. The molecule has 0 unspecified atom stereocenters. The molecule has 0 atom stereocenters. The second-order valence-electron chi connectivity index (χ2n) is 8.92. The van der Waals surface area contributed by atoms with Crippen molar-refractivity contribution in [3.05, 3.63) is 54.1 Å². The van der Waals surface area contributed by atoms with Gasteiger partial charge in [-0.2, -0.15) is 0 Å². The van der Waals surface area contributed by atoms with Gasteiger partial charge < -0.3 is 0 Å². The highest BCUT2D eigenvalue weighted by molar-refractivity contribution is 9.11. The molecule has 0 saturated carbocycles. The third-order valence-electron chi connectivity index (χ3n) is 6.22. The molecule has 0 radical (unpaired) electrons. The van der Waals surface area contributed by atoms with Crippen LogP contribution in [0.15, 0.2) is 31.8 Å². The van der Waals surface area contributed by atoms with E-state index in [1.165, 1.54) is 115 Å². The summed E-state index contributed by atoms with van der Waals surface area (Å²) in [5, 5.41) is 0. The van der Waals surface area contributed by atoms with Gasteiger partial charge in [-0.15, -0.1) is 22.7 Å². The summed E-state index contributed by atoms with van der Waals surface area (Å²) < 4.78 is 2.61. The number of aryl methyl sites for hydroxylation is 4. The van der Waals surface area contributed by atoms with Gasteiger partial charge in [-0.1, -0.05) is 52.4 Å². The maximum atomic E-state index is 3.83. The molecule has 0 aliphatic rings. The molecule has 3 rings (SSSR count). The van der Waals surface area contributed by atoms with E-state index in [-0.39, 0.29) is 0 Å². The third kappa shape index (κ3) is 6.81. The Morgan fingerprint density at radius 1 is 0.594 bits per heavy atom. The van der Waals surface area contributed by atoms with E-state index in [2.05, 4.69) is 83.8 Å². The van der Waals surface area contributed by atoms with Crippen LogP contribution in [0, 0.1) is 13.8 Å². The minimum atomic E-state index is 1.18. The first kappa shape index (κ1) is 26.2. The van der Waals surface area contributed by atoms with Crippen LogP contribution in [0.25, 0.3) is 20.9 Å². The summed E-state index contributed by atoms with van der Waals surface area (Å²) >= 11 is 11.4. The van der Waals surface area contributed by atoms with Crippen LogP contribution in [0.2, 0.25) is 0 Å². The van der Waals surface area contributed by atoms with Gasteiger partial charge in [0.2, 0.25) is 0 Å². The Balaban J connectivity index is 1.79. The highest BCUT2D eigenvalue weighted by Gasteiger charge is 2.15. The van der Waals surface area contributed by atoms with E-state index < -0.39 is 0 Å². The fourth-order valence-electron chi connectivity index (χ4n) is 4.25. The summed E-state index contributed by atoms with van der Waals surface area (Å²) in [6, 6.07) is 9.63. The van der Waals surface area contributed by atoms with Crippen molar-refractivity contribution in [2.75, 3.05) is 0 Å². The van der Waals surface area contributed by atoms with Gasteiger partial charge >= 0.3 is 0 Å². The lowest BCUT2D eigenvalue weighted by molar-refractivity contribution is 0.667. The van der Waals surface area contributed by atoms with Crippen molar-refractivity contribution < 1.29 is 0 Å². The van der Waals surface area contributed by atoms with E-state index in [9.17, 15) is 0 Å². The van der Waals surface area contributed by atoms with E-state index in [1.54, 1.807) is 0 Å². The van der Waals surface area contributed by atoms with Crippen molar-refractivity contribution in [1.82, 2.24) is 0 Å². The largest absolute Gasteiger partial charge is 0.128 e. The Labute approximate surface area is 220 Å². The quantitative estimate of drug-likeness (QED) is 0.183. The molecule has 4 heteroatoms. The Morgan fingerprint density at radius 3 is 1.38 bits per heavy atom. The van der Waals surface area contributed by atoms with Crippen LogP contribution in [-0.4, -0.2) is 0 Å². The zero-order chi connectivity index (χ0) is 23.1. The maximum Gasteiger partial charge on any atom is 0.0737 e.